The molecule has 0 aromatic heterocycles. The third kappa shape index (κ3) is 5.35. The number of rotatable bonds is 4. The van der Waals surface area contributed by atoms with E-state index in [1.165, 1.54) is 5.57 Å². The first-order chi connectivity index (χ1) is 4.31. The highest BCUT2D eigenvalue weighted by Crippen LogP contribution is 2.05. The predicted octanol–water partition coefficient (Wildman–Crippen LogP) is 3.31. The summed E-state index contributed by atoms with van der Waals surface area (Å²) in [6, 6.07) is 0. The minimum absolute atomic E-state index is 1.12. The summed E-state index contributed by atoms with van der Waals surface area (Å²) in [7, 11) is 0. The van der Waals surface area contributed by atoms with Crippen LogP contribution in [0.3, 0.4) is 0 Å². The van der Waals surface area contributed by atoms with E-state index < -0.39 is 0 Å². The molecule has 0 rings (SSSR count). The molecule has 0 aromatic rings. The summed E-state index contributed by atoms with van der Waals surface area (Å²) in [5.41, 5.74) is 1.35. The van der Waals surface area contributed by atoms with Gasteiger partial charge in [0.1, 0.15) is 0 Å². The smallest absolute Gasteiger partial charge is 0.0288 e. The normalized spacial score (nSPS) is 10.4. The van der Waals surface area contributed by atoms with Gasteiger partial charge in [0.25, 0.3) is 0 Å². The van der Waals surface area contributed by atoms with Crippen molar-refractivity contribution in [2.45, 2.75) is 33.1 Å². The third-order valence-electron chi connectivity index (χ3n) is 1.40. The summed E-state index contributed by atoms with van der Waals surface area (Å²) in [5, 5.41) is 0. The number of hydrogen-bond donors (Lipinski definition) is 0. The molecular weight excluding hydrogens is 108 g/mol. The number of allylic oxidation sites excluding steroid dienone is 3. The van der Waals surface area contributed by atoms with Crippen molar-refractivity contribution in [3.63, 3.8) is 0 Å². The van der Waals surface area contributed by atoms with Gasteiger partial charge >= 0.3 is 0 Å². The zero-order chi connectivity index (χ0) is 7.11. The zero-order valence-electron chi connectivity index (χ0n) is 6.48. The predicted molar refractivity (Wildman–Crippen MR) is 43.5 cm³/mol. The Hall–Kier alpha value is -0.520. The molecule has 52 valence electrons. The Morgan fingerprint density at radius 3 is 2.67 bits per heavy atom. The van der Waals surface area contributed by atoms with Crippen molar-refractivity contribution in [2.24, 2.45) is 0 Å². The van der Waals surface area contributed by atoms with Gasteiger partial charge in [-0.05, 0) is 26.2 Å². The monoisotopic (exact) mass is 124 g/mol. The Kier molecular flexibility index (Phi) is 5.29. The maximum absolute atomic E-state index is 3.91. The van der Waals surface area contributed by atoms with Crippen molar-refractivity contribution in [3.05, 3.63) is 24.3 Å². The van der Waals surface area contributed by atoms with Crippen LogP contribution >= 0.6 is 0 Å². The van der Waals surface area contributed by atoms with E-state index in [-0.39, 0.29) is 0 Å². The van der Waals surface area contributed by atoms with Gasteiger partial charge in [-0.1, -0.05) is 31.2 Å². The molecule has 0 unspecified atom stereocenters. The molecule has 0 nitrogen and oxygen atoms in total. The van der Waals surface area contributed by atoms with Gasteiger partial charge in [-0.3, -0.25) is 0 Å². The van der Waals surface area contributed by atoms with Crippen molar-refractivity contribution < 1.29 is 0 Å². The molecular formula is C9H16. The van der Waals surface area contributed by atoms with Crippen molar-refractivity contribution in [3.8, 4) is 0 Å². The van der Waals surface area contributed by atoms with Crippen molar-refractivity contribution in [1.29, 1.82) is 0 Å². The van der Waals surface area contributed by atoms with Gasteiger partial charge < -0.3 is 0 Å². The van der Waals surface area contributed by atoms with Gasteiger partial charge in [-0.15, -0.1) is 0 Å². The molecule has 0 aliphatic carbocycles. The van der Waals surface area contributed by atoms with Crippen LogP contribution in [0.25, 0.3) is 0 Å². The first-order valence-electron chi connectivity index (χ1n) is 3.59. The first-order valence-corrected chi connectivity index (χ1v) is 3.59. The van der Waals surface area contributed by atoms with Crippen molar-refractivity contribution in [1.82, 2.24) is 0 Å². The Labute approximate surface area is 58.3 Å². The first kappa shape index (κ1) is 8.48. The Morgan fingerprint density at radius 1 is 1.56 bits per heavy atom. The highest BCUT2D eigenvalue weighted by molar-refractivity contribution is 4.95. The summed E-state index contributed by atoms with van der Waals surface area (Å²) >= 11 is 0. The van der Waals surface area contributed by atoms with Gasteiger partial charge in [0.15, 0.2) is 0 Å². The van der Waals surface area contributed by atoms with Gasteiger partial charge in [-0.2, -0.15) is 0 Å². The van der Waals surface area contributed by atoms with E-state index in [0.717, 1.165) is 19.3 Å². The number of hydrogen-bond acceptors (Lipinski definition) is 0. The van der Waals surface area contributed by atoms with Gasteiger partial charge in [0.2, 0.25) is 0 Å². The Morgan fingerprint density at radius 2 is 2.22 bits per heavy atom. The van der Waals surface area contributed by atoms with E-state index in [2.05, 4.69) is 32.6 Å². The SMILES string of the molecule is C=C(CC)CC/C=C/C. The van der Waals surface area contributed by atoms with E-state index in [9.17, 15) is 0 Å². The van der Waals surface area contributed by atoms with Crippen LogP contribution in [0.4, 0.5) is 0 Å². The molecule has 0 spiro atoms. The lowest BCUT2D eigenvalue weighted by Crippen LogP contribution is -1.75. The zero-order valence-corrected chi connectivity index (χ0v) is 6.48. The van der Waals surface area contributed by atoms with Gasteiger partial charge in [0.05, 0.1) is 0 Å². The van der Waals surface area contributed by atoms with Crippen LogP contribution in [-0.2, 0) is 0 Å². The van der Waals surface area contributed by atoms with Crippen LogP contribution in [0.15, 0.2) is 24.3 Å². The van der Waals surface area contributed by atoms with E-state index >= 15 is 0 Å². The lowest BCUT2D eigenvalue weighted by atomic mass is 10.1. The fourth-order valence-corrected chi connectivity index (χ4v) is 0.631. The lowest BCUT2D eigenvalue weighted by Gasteiger charge is -1.95. The van der Waals surface area contributed by atoms with E-state index in [4.69, 9.17) is 0 Å². The quantitative estimate of drug-likeness (QED) is 0.504. The van der Waals surface area contributed by atoms with Crippen LogP contribution < -0.4 is 0 Å². The summed E-state index contributed by atoms with van der Waals surface area (Å²) in [6.45, 7) is 8.11. The molecule has 0 aliphatic heterocycles. The minimum Gasteiger partial charge on any atom is -0.0999 e. The molecule has 0 saturated carbocycles. The van der Waals surface area contributed by atoms with Crippen LogP contribution in [0.5, 0.6) is 0 Å². The second-order valence-electron chi connectivity index (χ2n) is 2.21. The molecule has 0 aromatic carbocycles. The Bertz CT molecular complexity index is 98.6. The molecule has 0 heterocycles. The summed E-state index contributed by atoms with van der Waals surface area (Å²) in [4.78, 5) is 0. The molecule has 0 bridgehead atoms. The van der Waals surface area contributed by atoms with Crippen LogP contribution in [0, 0.1) is 0 Å². The van der Waals surface area contributed by atoms with E-state index in [0.29, 0.717) is 0 Å². The summed E-state index contributed by atoms with van der Waals surface area (Å²) in [5.74, 6) is 0. The fourth-order valence-electron chi connectivity index (χ4n) is 0.631. The second kappa shape index (κ2) is 5.61. The second-order valence-corrected chi connectivity index (χ2v) is 2.21. The minimum atomic E-state index is 1.12. The highest BCUT2D eigenvalue weighted by Gasteiger charge is 1.85. The molecule has 0 heteroatoms. The van der Waals surface area contributed by atoms with Crippen LogP contribution in [0.1, 0.15) is 33.1 Å². The maximum Gasteiger partial charge on any atom is -0.0288 e. The fraction of sp³-hybridized carbons (Fsp3) is 0.556. The van der Waals surface area contributed by atoms with Crippen molar-refractivity contribution in [2.75, 3.05) is 0 Å². The molecule has 0 radical (unpaired) electrons. The lowest BCUT2D eigenvalue weighted by molar-refractivity contribution is 0.914. The van der Waals surface area contributed by atoms with E-state index in [1.54, 1.807) is 0 Å². The largest absolute Gasteiger partial charge is 0.0999 e. The molecule has 0 amide bonds. The topological polar surface area (TPSA) is 0 Å². The van der Waals surface area contributed by atoms with Crippen LogP contribution in [-0.4, -0.2) is 0 Å². The standard InChI is InChI=1S/C9H16/c1-4-6-7-8-9(3)5-2/h4,6H,3,5,7-8H2,1-2H3/b6-4+. The van der Waals surface area contributed by atoms with Crippen LogP contribution in [0.2, 0.25) is 0 Å². The maximum atomic E-state index is 3.91. The molecule has 0 aliphatic rings. The average Bonchev–Trinajstić information content (AvgIpc) is 1.89. The summed E-state index contributed by atoms with van der Waals surface area (Å²) < 4.78 is 0. The molecule has 0 saturated heterocycles. The summed E-state index contributed by atoms with van der Waals surface area (Å²) in [6.07, 6.45) is 7.70. The van der Waals surface area contributed by atoms with Crippen molar-refractivity contribution >= 4 is 0 Å². The third-order valence-corrected chi connectivity index (χ3v) is 1.40. The van der Waals surface area contributed by atoms with Gasteiger partial charge in [0, 0.05) is 0 Å². The molecule has 0 atom stereocenters. The average molecular weight is 124 g/mol. The van der Waals surface area contributed by atoms with E-state index in [1.807, 2.05) is 0 Å². The molecule has 9 heavy (non-hydrogen) atoms. The Balaban J connectivity index is 3.17. The van der Waals surface area contributed by atoms with Gasteiger partial charge in [-0.25, -0.2) is 0 Å². The molecule has 0 N–H and O–H groups in total. The highest BCUT2D eigenvalue weighted by atomic mass is 13.9. The molecule has 0 fully saturated rings.